The maximum atomic E-state index is 12.1. The van der Waals surface area contributed by atoms with Crippen LogP contribution in [0.5, 0.6) is 0 Å². The minimum absolute atomic E-state index is 0.0253. The van der Waals surface area contributed by atoms with Gasteiger partial charge < -0.3 is 10.4 Å². The van der Waals surface area contributed by atoms with Gasteiger partial charge in [-0.2, -0.15) is 0 Å². The molecule has 104 valence electrons. The molecule has 1 atom stereocenters. The first-order valence-corrected chi connectivity index (χ1v) is 7.55. The summed E-state index contributed by atoms with van der Waals surface area (Å²) >= 11 is 3.38. The van der Waals surface area contributed by atoms with Gasteiger partial charge in [0.15, 0.2) is 0 Å². The molecule has 3 nitrogen and oxygen atoms in total. The monoisotopic (exact) mass is 325 g/mol. The second-order valence-electron chi connectivity index (χ2n) is 5.42. The van der Waals surface area contributed by atoms with Crippen molar-refractivity contribution < 1.29 is 9.90 Å². The van der Waals surface area contributed by atoms with Gasteiger partial charge >= 0.3 is 0 Å². The summed E-state index contributed by atoms with van der Waals surface area (Å²) in [7, 11) is 0. The van der Waals surface area contributed by atoms with Crippen LogP contribution >= 0.6 is 15.9 Å². The van der Waals surface area contributed by atoms with Gasteiger partial charge in [-0.05, 0) is 37.5 Å². The number of hydrogen-bond acceptors (Lipinski definition) is 2. The quantitative estimate of drug-likeness (QED) is 0.894. The summed E-state index contributed by atoms with van der Waals surface area (Å²) in [5.41, 5.74) is 0.300. The Balaban J connectivity index is 1.90. The zero-order chi connectivity index (χ0) is 13.9. The molecule has 1 aromatic carbocycles. The molecule has 2 rings (SSSR count). The Morgan fingerprint density at radius 1 is 1.37 bits per heavy atom. The maximum Gasteiger partial charge on any atom is 0.227 e. The number of amides is 1. The van der Waals surface area contributed by atoms with Gasteiger partial charge in [-0.3, -0.25) is 4.79 Å². The molecule has 0 saturated heterocycles. The van der Waals surface area contributed by atoms with E-state index in [0.717, 1.165) is 35.7 Å². The zero-order valence-electron chi connectivity index (χ0n) is 11.2. The van der Waals surface area contributed by atoms with Crippen molar-refractivity contribution in [3.63, 3.8) is 0 Å². The molecule has 1 aliphatic carbocycles. The lowest BCUT2D eigenvalue weighted by molar-refractivity contribution is -0.123. The molecule has 0 spiro atoms. The summed E-state index contributed by atoms with van der Waals surface area (Å²) in [6.45, 7) is 2.25. The molecule has 2 N–H and O–H groups in total. The fourth-order valence-corrected chi connectivity index (χ4v) is 2.78. The number of benzene rings is 1. The minimum Gasteiger partial charge on any atom is -0.388 e. The Kier molecular flexibility index (Phi) is 4.63. The van der Waals surface area contributed by atoms with E-state index in [2.05, 4.69) is 21.2 Å². The third kappa shape index (κ3) is 3.80. The van der Waals surface area contributed by atoms with Crippen molar-refractivity contribution in [2.75, 3.05) is 6.54 Å². The van der Waals surface area contributed by atoms with Gasteiger partial charge in [0.1, 0.15) is 0 Å². The molecule has 0 bridgehead atoms. The second-order valence-corrected chi connectivity index (χ2v) is 6.34. The molecule has 4 heteroatoms. The minimum atomic E-state index is -0.685. The average molecular weight is 326 g/mol. The van der Waals surface area contributed by atoms with Gasteiger partial charge in [0.05, 0.1) is 11.5 Å². The Morgan fingerprint density at radius 2 is 1.95 bits per heavy atom. The topological polar surface area (TPSA) is 49.3 Å². The molecule has 1 amide bonds. The van der Waals surface area contributed by atoms with Crippen molar-refractivity contribution in [1.29, 1.82) is 0 Å². The molecule has 1 aliphatic rings. The molecule has 1 aromatic rings. The first-order chi connectivity index (χ1) is 9.00. The van der Waals surface area contributed by atoms with E-state index in [4.69, 9.17) is 0 Å². The van der Waals surface area contributed by atoms with Gasteiger partial charge in [-0.15, -0.1) is 0 Å². The number of halogens is 1. The summed E-state index contributed by atoms with van der Waals surface area (Å²) in [5.74, 6) is -0.222. The molecule has 0 aromatic heterocycles. The smallest absolute Gasteiger partial charge is 0.227 e. The standard InChI is InChI=1S/C15H20BrNO2/c1-11(12-4-6-13(16)7-5-12)14(18)17-10-15(19)8-2-3-9-15/h4-7,11,19H,2-3,8-10H2,1H3,(H,17,18). The Bertz CT molecular complexity index is 438. The van der Waals surface area contributed by atoms with E-state index in [1.807, 2.05) is 31.2 Å². The van der Waals surface area contributed by atoms with Crippen LogP contribution in [0.25, 0.3) is 0 Å². The number of aliphatic hydroxyl groups is 1. The van der Waals surface area contributed by atoms with Crippen LogP contribution in [0.1, 0.15) is 44.1 Å². The van der Waals surface area contributed by atoms with Gasteiger partial charge in [0.25, 0.3) is 0 Å². The Hall–Kier alpha value is -0.870. The fraction of sp³-hybridized carbons (Fsp3) is 0.533. The van der Waals surface area contributed by atoms with Crippen LogP contribution in [-0.4, -0.2) is 23.2 Å². The molecule has 19 heavy (non-hydrogen) atoms. The summed E-state index contributed by atoms with van der Waals surface area (Å²) < 4.78 is 1.00. The van der Waals surface area contributed by atoms with Gasteiger partial charge in [0.2, 0.25) is 5.91 Å². The third-order valence-electron chi connectivity index (χ3n) is 3.89. The van der Waals surface area contributed by atoms with E-state index in [1.54, 1.807) is 0 Å². The molecule has 0 heterocycles. The van der Waals surface area contributed by atoms with Crippen molar-refractivity contribution in [3.8, 4) is 0 Å². The van der Waals surface area contributed by atoms with Crippen molar-refractivity contribution >= 4 is 21.8 Å². The van der Waals surface area contributed by atoms with Crippen molar-refractivity contribution in [3.05, 3.63) is 34.3 Å². The largest absolute Gasteiger partial charge is 0.388 e. The first-order valence-electron chi connectivity index (χ1n) is 6.76. The number of carbonyl (C=O) groups excluding carboxylic acids is 1. The van der Waals surface area contributed by atoms with E-state index >= 15 is 0 Å². The third-order valence-corrected chi connectivity index (χ3v) is 4.42. The highest BCUT2D eigenvalue weighted by molar-refractivity contribution is 9.10. The van der Waals surface area contributed by atoms with Gasteiger partial charge in [0, 0.05) is 11.0 Å². The van der Waals surface area contributed by atoms with Crippen LogP contribution in [0.2, 0.25) is 0 Å². The Labute approximate surface area is 122 Å². The molecule has 1 saturated carbocycles. The van der Waals surface area contributed by atoms with Gasteiger partial charge in [-0.25, -0.2) is 0 Å². The molecule has 0 radical (unpaired) electrons. The second kappa shape index (κ2) is 6.06. The van der Waals surface area contributed by atoms with Crippen molar-refractivity contribution in [2.24, 2.45) is 0 Å². The summed E-state index contributed by atoms with van der Waals surface area (Å²) in [4.78, 5) is 12.1. The van der Waals surface area contributed by atoms with E-state index in [1.165, 1.54) is 0 Å². The number of carbonyl (C=O) groups is 1. The zero-order valence-corrected chi connectivity index (χ0v) is 12.7. The molecule has 0 aliphatic heterocycles. The average Bonchev–Trinajstić information content (AvgIpc) is 2.83. The summed E-state index contributed by atoms with van der Waals surface area (Å²) in [6.07, 6.45) is 3.68. The van der Waals surface area contributed by atoms with Crippen LogP contribution in [-0.2, 0) is 4.79 Å². The number of rotatable bonds is 4. The normalized spacial score (nSPS) is 19.1. The number of nitrogens with one attached hydrogen (secondary N) is 1. The lowest BCUT2D eigenvalue weighted by Gasteiger charge is -2.23. The lowest BCUT2D eigenvalue weighted by atomic mass is 9.99. The van der Waals surface area contributed by atoms with Gasteiger partial charge in [-0.1, -0.05) is 40.9 Å². The van der Waals surface area contributed by atoms with E-state index in [0.29, 0.717) is 6.54 Å². The highest BCUT2D eigenvalue weighted by Gasteiger charge is 2.31. The van der Waals surface area contributed by atoms with Crippen molar-refractivity contribution in [1.82, 2.24) is 5.32 Å². The fourth-order valence-electron chi connectivity index (χ4n) is 2.52. The Morgan fingerprint density at radius 3 is 2.53 bits per heavy atom. The van der Waals surface area contributed by atoms with Crippen LogP contribution in [0.4, 0.5) is 0 Å². The van der Waals surface area contributed by atoms with Crippen LogP contribution < -0.4 is 5.32 Å². The van der Waals surface area contributed by atoms with E-state index in [9.17, 15) is 9.90 Å². The van der Waals surface area contributed by atoms with Crippen LogP contribution in [0.3, 0.4) is 0 Å². The van der Waals surface area contributed by atoms with E-state index in [-0.39, 0.29) is 11.8 Å². The number of hydrogen-bond donors (Lipinski definition) is 2. The molecule has 1 fully saturated rings. The predicted molar refractivity (Wildman–Crippen MR) is 79.0 cm³/mol. The highest BCUT2D eigenvalue weighted by atomic mass is 79.9. The molecule has 1 unspecified atom stereocenters. The summed E-state index contributed by atoms with van der Waals surface area (Å²) in [6, 6.07) is 7.75. The SMILES string of the molecule is CC(C(=O)NCC1(O)CCCC1)c1ccc(Br)cc1. The predicted octanol–water partition coefficient (Wildman–Crippen LogP) is 2.97. The molecular weight excluding hydrogens is 306 g/mol. The maximum absolute atomic E-state index is 12.1. The van der Waals surface area contributed by atoms with Crippen LogP contribution in [0, 0.1) is 0 Å². The van der Waals surface area contributed by atoms with E-state index < -0.39 is 5.60 Å². The summed E-state index contributed by atoms with van der Waals surface area (Å²) in [5, 5.41) is 13.1. The van der Waals surface area contributed by atoms with Crippen LogP contribution in [0.15, 0.2) is 28.7 Å². The highest BCUT2D eigenvalue weighted by Crippen LogP contribution is 2.28. The first kappa shape index (κ1) is 14.5. The molecular formula is C15H20BrNO2. The van der Waals surface area contributed by atoms with Crippen molar-refractivity contribution in [2.45, 2.75) is 44.1 Å². The lowest BCUT2D eigenvalue weighted by Crippen LogP contribution is -2.42.